The molecular formula is C10H17NO3S. The fraction of sp³-hybridized carbons (Fsp3) is 0.600. The Balaban J connectivity index is 2.21. The summed E-state index contributed by atoms with van der Waals surface area (Å²) < 4.78 is 26.7. The molecule has 0 aliphatic carbocycles. The van der Waals surface area contributed by atoms with Gasteiger partial charge >= 0.3 is 0 Å². The van der Waals surface area contributed by atoms with Crippen LogP contribution in [0.15, 0.2) is 23.0 Å². The lowest BCUT2D eigenvalue weighted by Gasteiger charge is -2.11. The highest BCUT2D eigenvalue weighted by molar-refractivity contribution is 7.90. The summed E-state index contributed by atoms with van der Waals surface area (Å²) in [6.07, 6.45) is 5.21. The molecule has 0 bridgehead atoms. The van der Waals surface area contributed by atoms with Gasteiger partial charge in [-0.1, -0.05) is 0 Å². The van der Waals surface area contributed by atoms with E-state index in [9.17, 15) is 8.42 Å². The monoisotopic (exact) mass is 231 g/mol. The summed E-state index contributed by atoms with van der Waals surface area (Å²) >= 11 is 0. The van der Waals surface area contributed by atoms with Gasteiger partial charge in [-0.3, -0.25) is 0 Å². The van der Waals surface area contributed by atoms with E-state index >= 15 is 0 Å². The van der Waals surface area contributed by atoms with Crippen LogP contribution < -0.4 is 5.32 Å². The van der Waals surface area contributed by atoms with Crippen LogP contribution in [0, 0.1) is 0 Å². The van der Waals surface area contributed by atoms with Crippen LogP contribution in [0.5, 0.6) is 0 Å². The third kappa shape index (κ3) is 4.99. The van der Waals surface area contributed by atoms with Crippen LogP contribution in [0.4, 0.5) is 0 Å². The van der Waals surface area contributed by atoms with Gasteiger partial charge in [0.1, 0.15) is 9.84 Å². The topological polar surface area (TPSA) is 59.3 Å². The number of hydrogen-bond acceptors (Lipinski definition) is 4. The first kappa shape index (κ1) is 12.3. The third-order valence-corrected chi connectivity index (χ3v) is 3.22. The van der Waals surface area contributed by atoms with Gasteiger partial charge in [0, 0.05) is 17.9 Å². The molecule has 1 aromatic rings. The molecule has 0 saturated heterocycles. The molecule has 0 aromatic carbocycles. The van der Waals surface area contributed by atoms with Crippen LogP contribution in [-0.2, 0) is 9.84 Å². The Morgan fingerprint density at radius 1 is 1.53 bits per heavy atom. The molecule has 1 rings (SSSR count). The largest absolute Gasteiger partial charge is 0.472 e. The first-order valence-electron chi connectivity index (χ1n) is 4.92. The van der Waals surface area contributed by atoms with Crippen molar-refractivity contribution in [2.75, 3.05) is 18.6 Å². The summed E-state index contributed by atoms with van der Waals surface area (Å²) in [7, 11) is -2.83. The highest BCUT2D eigenvalue weighted by atomic mass is 32.2. The first-order chi connectivity index (χ1) is 6.99. The van der Waals surface area contributed by atoms with Crippen molar-refractivity contribution in [3.8, 4) is 0 Å². The van der Waals surface area contributed by atoms with Crippen LogP contribution in [0.3, 0.4) is 0 Å². The summed E-state index contributed by atoms with van der Waals surface area (Å²) in [4.78, 5) is 0. The minimum atomic E-state index is -2.83. The highest BCUT2D eigenvalue weighted by Gasteiger charge is 2.06. The zero-order chi connectivity index (χ0) is 11.3. The lowest BCUT2D eigenvalue weighted by molar-refractivity contribution is 0.536. The van der Waals surface area contributed by atoms with E-state index in [4.69, 9.17) is 4.42 Å². The fourth-order valence-electron chi connectivity index (χ4n) is 1.29. The summed E-state index contributed by atoms with van der Waals surface area (Å²) in [5.74, 6) is 0.234. The molecule has 0 saturated carbocycles. The van der Waals surface area contributed by atoms with Crippen LogP contribution in [0.25, 0.3) is 0 Å². The average Bonchev–Trinajstić information content (AvgIpc) is 2.63. The Morgan fingerprint density at radius 2 is 2.27 bits per heavy atom. The van der Waals surface area contributed by atoms with Gasteiger partial charge in [0.15, 0.2) is 0 Å². The molecule has 0 aliphatic rings. The Morgan fingerprint density at radius 3 is 2.80 bits per heavy atom. The van der Waals surface area contributed by atoms with Crippen molar-refractivity contribution in [3.63, 3.8) is 0 Å². The molecule has 86 valence electrons. The standard InChI is InChI=1S/C10H17NO3S/c1-9(10-4-6-14-8-10)11-5-3-7-15(2,12)13/h4,6,8-9,11H,3,5,7H2,1-2H3. The average molecular weight is 231 g/mol. The molecule has 1 heterocycles. The molecule has 1 unspecified atom stereocenters. The van der Waals surface area contributed by atoms with Gasteiger partial charge < -0.3 is 9.73 Å². The number of sulfone groups is 1. The number of hydrogen-bond donors (Lipinski definition) is 1. The SMILES string of the molecule is CC(NCCCS(C)(=O)=O)c1ccoc1. The van der Waals surface area contributed by atoms with Gasteiger partial charge in [-0.2, -0.15) is 0 Å². The van der Waals surface area contributed by atoms with Crippen molar-refractivity contribution in [1.29, 1.82) is 0 Å². The molecule has 15 heavy (non-hydrogen) atoms. The van der Waals surface area contributed by atoms with Crippen LogP contribution in [0.1, 0.15) is 24.9 Å². The number of nitrogens with one attached hydrogen (secondary N) is 1. The zero-order valence-corrected chi connectivity index (χ0v) is 9.88. The van der Waals surface area contributed by atoms with Crippen LogP contribution in [0.2, 0.25) is 0 Å². The highest BCUT2D eigenvalue weighted by Crippen LogP contribution is 2.11. The van der Waals surface area contributed by atoms with E-state index in [0.717, 1.165) is 5.56 Å². The Kier molecular flexibility index (Phi) is 4.35. The maximum atomic E-state index is 10.9. The second kappa shape index (κ2) is 5.32. The summed E-state index contributed by atoms with van der Waals surface area (Å²) in [5.41, 5.74) is 1.08. The van der Waals surface area contributed by atoms with Crippen molar-refractivity contribution in [2.24, 2.45) is 0 Å². The van der Waals surface area contributed by atoms with Crippen LogP contribution >= 0.6 is 0 Å². The van der Waals surface area contributed by atoms with E-state index in [0.29, 0.717) is 13.0 Å². The molecule has 5 heteroatoms. The van der Waals surface area contributed by atoms with Crippen molar-refractivity contribution < 1.29 is 12.8 Å². The Labute approximate surface area is 90.6 Å². The van der Waals surface area contributed by atoms with Gasteiger partial charge in [-0.05, 0) is 26.0 Å². The van der Waals surface area contributed by atoms with E-state index < -0.39 is 9.84 Å². The molecule has 0 amide bonds. The third-order valence-electron chi connectivity index (χ3n) is 2.19. The van der Waals surface area contributed by atoms with Crippen molar-refractivity contribution in [2.45, 2.75) is 19.4 Å². The van der Waals surface area contributed by atoms with Crippen molar-refractivity contribution >= 4 is 9.84 Å². The second-order valence-electron chi connectivity index (χ2n) is 3.72. The first-order valence-corrected chi connectivity index (χ1v) is 6.98. The minimum absolute atomic E-state index is 0.198. The van der Waals surface area contributed by atoms with Gasteiger partial charge in [-0.15, -0.1) is 0 Å². The quantitative estimate of drug-likeness (QED) is 0.751. The Bertz CT molecular complexity index is 369. The predicted octanol–water partition coefficient (Wildman–Crippen LogP) is 1.36. The molecule has 0 fully saturated rings. The van der Waals surface area contributed by atoms with Crippen molar-refractivity contribution in [3.05, 3.63) is 24.2 Å². The Hall–Kier alpha value is -0.810. The second-order valence-corrected chi connectivity index (χ2v) is 5.98. The summed E-state index contributed by atoms with van der Waals surface area (Å²) in [6.45, 7) is 2.71. The lowest BCUT2D eigenvalue weighted by Crippen LogP contribution is -2.21. The van der Waals surface area contributed by atoms with E-state index in [-0.39, 0.29) is 11.8 Å². The van der Waals surface area contributed by atoms with E-state index in [1.54, 1.807) is 12.5 Å². The van der Waals surface area contributed by atoms with Gasteiger partial charge in [0.2, 0.25) is 0 Å². The summed E-state index contributed by atoms with van der Waals surface area (Å²) in [6, 6.07) is 2.09. The fourth-order valence-corrected chi connectivity index (χ4v) is 1.96. The van der Waals surface area contributed by atoms with Gasteiger partial charge in [0.05, 0.1) is 18.3 Å². The molecular weight excluding hydrogens is 214 g/mol. The number of rotatable bonds is 6. The summed E-state index contributed by atoms with van der Waals surface area (Å²) in [5, 5.41) is 3.23. The van der Waals surface area contributed by atoms with Gasteiger partial charge in [-0.25, -0.2) is 8.42 Å². The molecule has 1 N–H and O–H groups in total. The smallest absolute Gasteiger partial charge is 0.147 e. The van der Waals surface area contributed by atoms with Gasteiger partial charge in [0.25, 0.3) is 0 Å². The molecule has 4 nitrogen and oxygen atoms in total. The van der Waals surface area contributed by atoms with E-state index in [2.05, 4.69) is 5.32 Å². The molecule has 0 radical (unpaired) electrons. The van der Waals surface area contributed by atoms with E-state index in [1.165, 1.54) is 6.26 Å². The number of furan rings is 1. The molecule has 0 spiro atoms. The normalized spacial score (nSPS) is 14.0. The molecule has 1 aromatic heterocycles. The van der Waals surface area contributed by atoms with E-state index in [1.807, 2.05) is 13.0 Å². The molecule has 0 aliphatic heterocycles. The van der Waals surface area contributed by atoms with Crippen LogP contribution in [-0.4, -0.2) is 27.0 Å². The maximum absolute atomic E-state index is 10.9. The lowest BCUT2D eigenvalue weighted by atomic mass is 10.2. The maximum Gasteiger partial charge on any atom is 0.147 e. The molecule has 1 atom stereocenters. The predicted molar refractivity (Wildman–Crippen MR) is 59.5 cm³/mol. The minimum Gasteiger partial charge on any atom is -0.472 e. The van der Waals surface area contributed by atoms with Crippen molar-refractivity contribution in [1.82, 2.24) is 5.32 Å². The zero-order valence-electron chi connectivity index (χ0n) is 9.06.